The van der Waals surface area contributed by atoms with Crippen LogP contribution in [0.25, 0.3) is 0 Å². The number of rotatable bonds is 2. The summed E-state index contributed by atoms with van der Waals surface area (Å²) in [5.74, 6) is -0.368. The van der Waals surface area contributed by atoms with Crippen LogP contribution in [0.5, 0.6) is 0 Å². The average Bonchev–Trinajstić information content (AvgIpc) is 2.93. The molecule has 1 N–H and O–H groups in total. The summed E-state index contributed by atoms with van der Waals surface area (Å²) in [5, 5.41) is 10.2. The molecule has 1 aliphatic heterocycles. The summed E-state index contributed by atoms with van der Waals surface area (Å²) in [6, 6.07) is 7.13. The number of pyridine rings is 1. The van der Waals surface area contributed by atoms with Gasteiger partial charge in [0.25, 0.3) is 0 Å². The van der Waals surface area contributed by atoms with Gasteiger partial charge in [0.05, 0.1) is 17.7 Å². The number of Topliss-reactive ketones (excluding diaryl/α,β-unsaturated/α-hetero) is 1. The number of aliphatic hydroxyl groups is 1. The first-order chi connectivity index (χ1) is 8.27. The van der Waals surface area contributed by atoms with Crippen LogP contribution in [0.3, 0.4) is 0 Å². The first-order valence-corrected chi connectivity index (χ1v) is 5.55. The Balaban J connectivity index is 1.88. The van der Waals surface area contributed by atoms with E-state index in [0.29, 0.717) is 12.2 Å². The van der Waals surface area contributed by atoms with Crippen molar-refractivity contribution in [1.82, 2.24) is 9.55 Å². The molecule has 2 aromatic rings. The van der Waals surface area contributed by atoms with Crippen LogP contribution in [0, 0.1) is 5.92 Å². The predicted molar refractivity (Wildman–Crippen MR) is 61.4 cm³/mol. The standard InChI is InChI=1S/C13H12N2O2/c16-12(9-3-5-14-6-4-9)10-8-15-7-1-2-11(15)13(10)17/h1-7,10,12,16H,8H2/t10-,12-/m0/s1. The lowest BCUT2D eigenvalue weighted by atomic mass is 9.93. The lowest BCUT2D eigenvalue weighted by molar-refractivity contribution is 0.0697. The molecule has 0 fully saturated rings. The van der Waals surface area contributed by atoms with Gasteiger partial charge in [0, 0.05) is 25.1 Å². The zero-order valence-electron chi connectivity index (χ0n) is 9.15. The van der Waals surface area contributed by atoms with Gasteiger partial charge in [-0.05, 0) is 29.8 Å². The Bertz CT molecular complexity index is 548. The van der Waals surface area contributed by atoms with Gasteiger partial charge in [-0.25, -0.2) is 0 Å². The fourth-order valence-corrected chi connectivity index (χ4v) is 2.32. The Morgan fingerprint density at radius 1 is 1.35 bits per heavy atom. The fraction of sp³-hybridized carbons (Fsp3) is 0.231. The van der Waals surface area contributed by atoms with E-state index in [2.05, 4.69) is 4.98 Å². The third-order valence-corrected chi connectivity index (χ3v) is 3.24. The molecule has 0 saturated carbocycles. The summed E-state index contributed by atoms with van der Waals surface area (Å²) < 4.78 is 1.89. The second-order valence-corrected chi connectivity index (χ2v) is 4.24. The Kier molecular flexibility index (Phi) is 2.30. The highest BCUT2D eigenvalue weighted by atomic mass is 16.3. The first-order valence-electron chi connectivity index (χ1n) is 5.55. The highest BCUT2D eigenvalue weighted by Crippen LogP contribution is 2.31. The molecule has 17 heavy (non-hydrogen) atoms. The van der Waals surface area contributed by atoms with E-state index in [-0.39, 0.29) is 11.7 Å². The summed E-state index contributed by atoms with van der Waals surface area (Å²) in [7, 11) is 0. The molecule has 86 valence electrons. The summed E-state index contributed by atoms with van der Waals surface area (Å²) in [6.45, 7) is 0.546. The molecule has 4 nitrogen and oxygen atoms in total. The minimum Gasteiger partial charge on any atom is -0.388 e. The topological polar surface area (TPSA) is 55.1 Å². The molecule has 3 heterocycles. The largest absolute Gasteiger partial charge is 0.388 e. The monoisotopic (exact) mass is 228 g/mol. The van der Waals surface area contributed by atoms with Crippen molar-refractivity contribution in [2.45, 2.75) is 12.6 Å². The summed E-state index contributed by atoms with van der Waals surface area (Å²) >= 11 is 0. The van der Waals surface area contributed by atoms with Crippen LogP contribution >= 0.6 is 0 Å². The molecular formula is C13H12N2O2. The van der Waals surface area contributed by atoms with Crippen molar-refractivity contribution < 1.29 is 9.90 Å². The quantitative estimate of drug-likeness (QED) is 0.846. The van der Waals surface area contributed by atoms with Gasteiger partial charge in [-0.2, -0.15) is 0 Å². The zero-order valence-corrected chi connectivity index (χ0v) is 9.15. The third-order valence-electron chi connectivity index (χ3n) is 3.24. The molecule has 0 amide bonds. The molecule has 4 heteroatoms. The SMILES string of the molecule is O=C1c2cccn2C[C@H]1[C@@H](O)c1ccncc1. The van der Waals surface area contributed by atoms with Crippen LogP contribution in [0.1, 0.15) is 22.2 Å². The van der Waals surface area contributed by atoms with E-state index in [4.69, 9.17) is 0 Å². The van der Waals surface area contributed by atoms with E-state index in [0.717, 1.165) is 5.56 Å². The van der Waals surface area contributed by atoms with Crippen molar-refractivity contribution in [1.29, 1.82) is 0 Å². The van der Waals surface area contributed by atoms with Crippen LogP contribution in [0.4, 0.5) is 0 Å². The zero-order chi connectivity index (χ0) is 11.8. The Labute approximate surface area is 98.5 Å². The van der Waals surface area contributed by atoms with E-state index < -0.39 is 6.10 Å². The number of carbonyl (C=O) groups excluding carboxylic acids is 1. The predicted octanol–water partition coefficient (Wildman–Crippen LogP) is 1.43. The molecule has 3 rings (SSSR count). The van der Waals surface area contributed by atoms with Gasteiger partial charge < -0.3 is 9.67 Å². The first kappa shape index (κ1) is 10.2. The van der Waals surface area contributed by atoms with E-state index in [1.54, 1.807) is 30.6 Å². The number of carbonyl (C=O) groups is 1. The second-order valence-electron chi connectivity index (χ2n) is 4.24. The van der Waals surface area contributed by atoms with Gasteiger partial charge in [0.2, 0.25) is 0 Å². The van der Waals surface area contributed by atoms with Gasteiger partial charge >= 0.3 is 0 Å². The number of hydrogen-bond acceptors (Lipinski definition) is 3. The van der Waals surface area contributed by atoms with Crippen LogP contribution in [0.15, 0.2) is 42.9 Å². The molecule has 1 aliphatic rings. The van der Waals surface area contributed by atoms with Gasteiger partial charge in [0.1, 0.15) is 0 Å². The molecule has 0 radical (unpaired) electrons. The van der Waals surface area contributed by atoms with E-state index in [9.17, 15) is 9.90 Å². The second kappa shape index (κ2) is 3.82. The molecule has 0 spiro atoms. The van der Waals surface area contributed by atoms with Crippen molar-refractivity contribution in [3.8, 4) is 0 Å². The average molecular weight is 228 g/mol. The van der Waals surface area contributed by atoms with E-state index in [1.807, 2.05) is 16.8 Å². The molecule has 0 bridgehead atoms. The lowest BCUT2D eigenvalue weighted by Crippen LogP contribution is -2.19. The number of aliphatic hydroxyl groups excluding tert-OH is 1. The normalized spacial score (nSPS) is 20.3. The summed E-state index contributed by atoms with van der Waals surface area (Å²) in [6.07, 6.45) is 4.36. The van der Waals surface area contributed by atoms with Crippen molar-refractivity contribution in [3.63, 3.8) is 0 Å². The Hall–Kier alpha value is -1.94. The third kappa shape index (κ3) is 1.57. The lowest BCUT2D eigenvalue weighted by Gasteiger charge is -2.16. The van der Waals surface area contributed by atoms with Crippen LogP contribution < -0.4 is 0 Å². The molecular weight excluding hydrogens is 216 g/mol. The van der Waals surface area contributed by atoms with Gasteiger partial charge in [-0.3, -0.25) is 9.78 Å². The van der Waals surface area contributed by atoms with E-state index >= 15 is 0 Å². The van der Waals surface area contributed by atoms with Crippen molar-refractivity contribution in [3.05, 3.63) is 54.1 Å². The van der Waals surface area contributed by atoms with Crippen molar-refractivity contribution >= 4 is 5.78 Å². The summed E-state index contributed by atoms with van der Waals surface area (Å²) in [5.41, 5.74) is 1.42. The molecule has 0 saturated heterocycles. The van der Waals surface area contributed by atoms with Crippen LogP contribution in [0.2, 0.25) is 0 Å². The van der Waals surface area contributed by atoms with Crippen LogP contribution in [-0.2, 0) is 6.54 Å². The van der Waals surface area contributed by atoms with Crippen molar-refractivity contribution in [2.24, 2.45) is 5.92 Å². The fourth-order valence-electron chi connectivity index (χ4n) is 2.32. The van der Waals surface area contributed by atoms with Gasteiger partial charge in [0.15, 0.2) is 5.78 Å². The smallest absolute Gasteiger partial charge is 0.187 e. The minimum atomic E-state index is -0.759. The number of aromatic nitrogens is 2. The number of hydrogen-bond donors (Lipinski definition) is 1. The molecule has 0 aliphatic carbocycles. The summed E-state index contributed by atoms with van der Waals surface area (Å²) in [4.78, 5) is 16.0. The number of fused-ring (bicyclic) bond motifs is 1. The van der Waals surface area contributed by atoms with E-state index in [1.165, 1.54) is 0 Å². The minimum absolute atomic E-state index is 0.0133. The molecule has 0 unspecified atom stereocenters. The van der Waals surface area contributed by atoms with Gasteiger partial charge in [-0.1, -0.05) is 0 Å². The molecule has 2 atom stereocenters. The number of nitrogens with zero attached hydrogens (tertiary/aromatic N) is 2. The van der Waals surface area contributed by atoms with Crippen LogP contribution in [-0.4, -0.2) is 20.4 Å². The highest BCUT2D eigenvalue weighted by Gasteiger charge is 2.35. The maximum Gasteiger partial charge on any atom is 0.187 e. The van der Waals surface area contributed by atoms with Crippen molar-refractivity contribution in [2.75, 3.05) is 0 Å². The Morgan fingerprint density at radius 2 is 2.12 bits per heavy atom. The van der Waals surface area contributed by atoms with Gasteiger partial charge in [-0.15, -0.1) is 0 Å². The maximum atomic E-state index is 12.1. The highest BCUT2D eigenvalue weighted by molar-refractivity contribution is 5.98. The molecule has 2 aromatic heterocycles. The molecule has 0 aromatic carbocycles. The maximum absolute atomic E-state index is 12.1. The number of ketones is 1. The Morgan fingerprint density at radius 3 is 2.82 bits per heavy atom.